The van der Waals surface area contributed by atoms with Gasteiger partial charge in [0.15, 0.2) is 11.2 Å². The summed E-state index contributed by atoms with van der Waals surface area (Å²) in [7, 11) is 0. The topological polar surface area (TPSA) is 127 Å². The zero-order valence-corrected chi connectivity index (χ0v) is 23.3. The Balaban J connectivity index is 1.19. The molecule has 0 aliphatic heterocycles. The van der Waals surface area contributed by atoms with Crippen LogP contribution in [0.1, 0.15) is 44.9 Å². The minimum atomic E-state index is -1.29. The van der Waals surface area contributed by atoms with Gasteiger partial charge in [-0.15, -0.1) is 0 Å². The van der Waals surface area contributed by atoms with Crippen LogP contribution in [0.15, 0.2) is 78.9 Å². The van der Waals surface area contributed by atoms with Crippen LogP contribution in [0.4, 0.5) is 9.93 Å². The van der Waals surface area contributed by atoms with Crippen molar-refractivity contribution in [3.05, 3.63) is 106 Å². The Hall–Kier alpha value is -4.54. The number of benzene rings is 3. The van der Waals surface area contributed by atoms with E-state index < -0.39 is 30.1 Å². The van der Waals surface area contributed by atoms with Gasteiger partial charge in [-0.25, -0.2) is 14.6 Å². The average Bonchev–Trinajstić information content (AvgIpc) is 3.50. The molecule has 0 unspecified atom stereocenters. The Bertz CT molecular complexity index is 1530. The van der Waals surface area contributed by atoms with Crippen LogP contribution in [-0.4, -0.2) is 46.8 Å². The molecule has 1 heterocycles. The lowest BCUT2D eigenvalue weighted by Crippen LogP contribution is -2.48. The number of nitrogens with one attached hydrogen (secondary N) is 2. The number of carboxylic acid groups (broad SMARTS) is 1. The van der Waals surface area contributed by atoms with Crippen LogP contribution in [0.5, 0.6) is 0 Å². The Kier molecular flexibility index (Phi) is 8.42. The van der Waals surface area contributed by atoms with E-state index in [1.807, 2.05) is 66.7 Å². The number of carboxylic acids is 1. The third-order valence-corrected chi connectivity index (χ3v) is 8.00. The van der Waals surface area contributed by atoms with E-state index >= 15 is 0 Å². The largest absolute Gasteiger partial charge is 0.480 e. The molecule has 9 nitrogen and oxygen atoms in total. The van der Waals surface area contributed by atoms with Gasteiger partial charge >= 0.3 is 12.1 Å². The number of aromatic nitrogens is 1. The maximum atomic E-state index is 13.0. The molecule has 210 valence electrons. The minimum Gasteiger partial charge on any atom is -0.480 e. The van der Waals surface area contributed by atoms with E-state index in [1.54, 1.807) is 13.8 Å². The van der Waals surface area contributed by atoms with Crippen molar-refractivity contribution in [1.29, 1.82) is 0 Å². The van der Waals surface area contributed by atoms with E-state index in [-0.39, 0.29) is 29.1 Å². The van der Waals surface area contributed by atoms with Crippen LogP contribution in [0.25, 0.3) is 11.1 Å². The fourth-order valence-corrected chi connectivity index (χ4v) is 5.72. The maximum Gasteiger partial charge on any atom is 0.413 e. The molecular formula is C31H29N3O6S. The van der Waals surface area contributed by atoms with Crippen LogP contribution in [-0.2, 0) is 20.9 Å². The van der Waals surface area contributed by atoms with Gasteiger partial charge in [0.2, 0.25) is 0 Å². The first kappa shape index (κ1) is 28.0. The number of rotatable bonds is 10. The first-order valence-electron chi connectivity index (χ1n) is 13.1. The first-order valence-corrected chi connectivity index (χ1v) is 13.9. The van der Waals surface area contributed by atoms with E-state index in [1.165, 1.54) is 0 Å². The molecule has 3 aromatic carbocycles. The van der Waals surface area contributed by atoms with E-state index in [2.05, 4.69) is 27.8 Å². The number of aryl methyl sites for hydroxylation is 1. The molecule has 5 rings (SSSR count). The normalized spacial score (nSPS) is 13.5. The van der Waals surface area contributed by atoms with Gasteiger partial charge in [0.25, 0.3) is 5.91 Å². The third kappa shape index (κ3) is 6.29. The number of hydrogen-bond donors (Lipinski definition) is 3. The number of hydrogen-bond acceptors (Lipinski definition) is 7. The van der Waals surface area contributed by atoms with Gasteiger partial charge in [-0.1, -0.05) is 90.2 Å². The third-order valence-electron chi connectivity index (χ3n) is 6.93. The molecule has 2 amide bonds. The highest BCUT2D eigenvalue weighted by Gasteiger charge is 2.31. The summed E-state index contributed by atoms with van der Waals surface area (Å²) >= 11 is 0.938. The van der Waals surface area contributed by atoms with Crippen molar-refractivity contribution in [1.82, 2.24) is 10.3 Å². The number of amides is 2. The molecule has 10 heteroatoms. The van der Waals surface area contributed by atoms with Crippen LogP contribution in [0, 0.1) is 6.92 Å². The molecule has 41 heavy (non-hydrogen) atoms. The molecule has 4 aromatic rings. The number of nitrogens with zero attached hydrogens (tertiary/aromatic N) is 1. The summed E-state index contributed by atoms with van der Waals surface area (Å²) in [5, 5.41) is 15.0. The van der Waals surface area contributed by atoms with Crippen molar-refractivity contribution >= 4 is 34.4 Å². The average molecular weight is 572 g/mol. The van der Waals surface area contributed by atoms with E-state index in [9.17, 15) is 19.5 Å². The van der Waals surface area contributed by atoms with Crippen molar-refractivity contribution in [3.63, 3.8) is 0 Å². The Morgan fingerprint density at radius 3 is 2.20 bits per heavy atom. The quantitative estimate of drug-likeness (QED) is 0.226. The zero-order valence-electron chi connectivity index (χ0n) is 22.5. The SMILES string of the molecule is Cc1nc(NC(=O)OCC2c3ccccc3-c3ccccc32)sc1C(=O)N[C@H](C(=O)O)[C@@H](C)OCc1ccccc1. The number of thiazole rings is 1. The van der Waals surface area contributed by atoms with Crippen molar-refractivity contribution in [2.75, 3.05) is 11.9 Å². The lowest BCUT2D eigenvalue weighted by atomic mass is 9.98. The summed E-state index contributed by atoms with van der Waals surface area (Å²) in [6.45, 7) is 3.54. The molecule has 1 aliphatic carbocycles. The molecule has 2 atom stereocenters. The van der Waals surface area contributed by atoms with Gasteiger partial charge in [-0.05, 0) is 41.7 Å². The molecule has 0 saturated carbocycles. The molecular weight excluding hydrogens is 542 g/mol. The highest BCUT2D eigenvalue weighted by Crippen LogP contribution is 2.44. The van der Waals surface area contributed by atoms with Crippen molar-refractivity contribution < 1.29 is 29.0 Å². The highest BCUT2D eigenvalue weighted by atomic mass is 32.1. The van der Waals surface area contributed by atoms with E-state index in [0.717, 1.165) is 39.2 Å². The van der Waals surface area contributed by atoms with Crippen molar-refractivity contribution in [2.24, 2.45) is 0 Å². The van der Waals surface area contributed by atoms with Crippen LogP contribution in [0.2, 0.25) is 0 Å². The highest BCUT2D eigenvalue weighted by molar-refractivity contribution is 7.17. The predicted molar refractivity (Wildman–Crippen MR) is 155 cm³/mol. The van der Waals surface area contributed by atoms with Crippen LogP contribution in [0.3, 0.4) is 0 Å². The van der Waals surface area contributed by atoms with Crippen LogP contribution < -0.4 is 10.6 Å². The molecule has 3 N–H and O–H groups in total. The lowest BCUT2D eigenvalue weighted by Gasteiger charge is -2.21. The number of ether oxygens (including phenoxy) is 2. The molecule has 0 fully saturated rings. The molecule has 0 bridgehead atoms. The van der Waals surface area contributed by atoms with Gasteiger partial charge in [0.05, 0.1) is 18.4 Å². The second kappa shape index (κ2) is 12.3. The van der Waals surface area contributed by atoms with Gasteiger partial charge in [0, 0.05) is 5.92 Å². The standard InChI is InChI=1S/C31H29N3O6S/c1-18-27(28(35)33-26(29(36)37)19(2)39-16-20-10-4-3-5-11-20)41-30(32-18)34-31(38)40-17-25-23-14-8-6-12-21(23)22-13-7-9-15-24(22)25/h3-15,19,25-26H,16-17H2,1-2H3,(H,33,35)(H,36,37)(H,32,34,38)/t19-,26+/m1/s1. The maximum absolute atomic E-state index is 13.0. The summed E-state index contributed by atoms with van der Waals surface area (Å²) < 4.78 is 11.3. The van der Waals surface area contributed by atoms with Gasteiger partial charge < -0.3 is 19.9 Å². The summed E-state index contributed by atoms with van der Waals surface area (Å²) in [5.74, 6) is -1.94. The number of fused-ring (bicyclic) bond motifs is 3. The molecule has 0 saturated heterocycles. The fourth-order valence-electron chi connectivity index (χ4n) is 4.87. The monoisotopic (exact) mass is 571 g/mol. The van der Waals surface area contributed by atoms with E-state index in [4.69, 9.17) is 9.47 Å². The predicted octanol–water partition coefficient (Wildman–Crippen LogP) is 5.60. The summed E-state index contributed by atoms with van der Waals surface area (Å²) in [4.78, 5) is 42.0. The second-order valence-corrected chi connectivity index (χ2v) is 10.7. The van der Waals surface area contributed by atoms with Gasteiger partial charge in [-0.2, -0.15) is 0 Å². The minimum absolute atomic E-state index is 0.0911. The first-order chi connectivity index (χ1) is 19.8. The number of aliphatic carboxylic acids is 1. The van der Waals surface area contributed by atoms with Crippen molar-refractivity contribution in [3.8, 4) is 11.1 Å². The fraction of sp³-hybridized carbons (Fsp3) is 0.226. The van der Waals surface area contributed by atoms with Gasteiger partial charge in [0.1, 0.15) is 11.5 Å². The Morgan fingerprint density at radius 1 is 0.951 bits per heavy atom. The van der Waals surface area contributed by atoms with Gasteiger partial charge in [-0.3, -0.25) is 10.1 Å². The zero-order chi connectivity index (χ0) is 28.9. The molecule has 0 radical (unpaired) electrons. The Morgan fingerprint density at radius 2 is 1.56 bits per heavy atom. The molecule has 1 aliphatic rings. The van der Waals surface area contributed by atoms with E-state index in [0.29, 0.717) is 5.69 Å². The Labute approximate surface area is 241 Å². The molecule has 0 spiro atoms. The van der Waals surface area contributed by atoms with Crippen molar-refractivity contribution in [2.45, 2.75) is 38.5 Å². The van der Waals surface area contributed by atoms with Crippen LogP contribution >= 0.6 is 11.3 Å². The lowest BCUT2D eigenvalue weighted by molar-refractivity contribution is -0.143. The summed E-state index contributed by atoms with van der Waals surface area (Å²) in [6, 6.07) is 24.1. The summed E-state index contributed by atoms with van der Waals surface area (Å²) in [5.41, 5.74) is 5.69. The second-order valence-electron chi connectivity index (χ2n) is 9.68. The molecule has 1 aromatic heterocycles. The number of carbonyl (C=O) groups excluding carboxylic acids is 2. The smallest absolute Gasteiger partial charge is 0.413 e. The number of anilines is 1. The number of carbonyl (C=O) groups is 3. The summed E-state index contributed by atoms with van der Waals surface area (Å²) in [6.07, 6.45) is -1.50.